The van der Waals surface area contributed by atoms with E-state index in [4.69, 9.17) is 14.2 Å². The lowest BCUT2D eigenvalue weighted by molar-refractivity contribution is -0.198. The number of hydrogen-bond donors (Lipinski definition) is 1. The molecule has 1 N–H and O–H groups in total. The highest BCUT2D eigenvalue weighted by molar-refractivity contribution is 4.91. The van der Waals surface area contributed by atoms with Crippen LogP contribution in [0.5, 0.6) is 0 Å². The van der Waals surface area contributed by atoms with Crippen molar-refractivity contribution in [2.24, 2.45) is 17.3 Å². The Kier molecular flexibility index (Phi) is 7.54. The Balaban J connectivity index is 1.68. The topological polar surface area (TPSA) is 39.7 Å². The smallest absolute Gasteiger partial charge is 0.168 e. The van der Waals surface area contributed by atoms with Gasteiger partial charge in [0.05, 0.1) is 19.3 Å². The molecule has 24 heavy (non-hydrogen) atoms. The minimum absolute atomic E-state index is 0.249. The average Bonchev–Trinajstić information content (AvgIpc) is 2.94. The fourth-order valence-electron chi connectivity index (χ4n) is 3.97. The molecular formula is C20H39NO3. The van der Waals surface area contributed by atoms with E-state index in [9.17, 15) is 0 Å². The maximum Gasteiger partial charge on any atom is 0.168 e. The zero-order chi connectivity index (χ0) is 17.6. The highest BCUT2D eigenvalue weighted by Gasteiger charge is 2.46. The van der Waals surface area contributed by atoms with Crippen LogP contribution in [0.4, 0.5) is 0 Å². The SMILES string of the molecule is CCOCCNCCC1COC2(CCC(C(C)(C)C(C)C)CC2)O1. The van der Waals surface area contributed by atoms with Crippen molar-refractivity contribution in [3.05, 3.63) is 0 Å². The van der Waals surface area contributed by atoms with E-state index in [2.05, 4.69) is 33.0 Å². The van der Waals surface area contributed by atoms with Gasteiger partial charge in [-0.25, -0.2) is 0 Å². The van der Waals surface area contributed by atoms with Gasteiger partial charge in [-0.1, -0.05) is 27.7 Å². The van der Waals surface area contributed by atoms with Crippen LogP contribution in [0, 0.1) is 17.3 Å². The molecule has 0 aromatic heterocycles. The van der Waals surface area contributed by atoms with Gasteiger partial charge in [0.15, 0.2) is 5.79 Å². The predicted molar refractivity (Wildman–Crippen MR) is 98.1 cm³/mol. The number of rotatable bonds is 9. The second-order valence-electron chi connectivity index (χ2n) is 8.45. The van der Waals surface area contributed by atoms with Gasteiger partial charge in [0.1, 0.15) is 0 Å². The Labute approximate surface area is 149 Å². The molecule has 1 heterocycles. The van der Waals surface area contributed by atoms with Crippen molar-refractivity contribution in [2.45, 2.75) is 78.6 Å². The van der Waals surface area contributed by atoms with Crippen LogP contribution in [0.3, 0.4) is 0 Å². The predicted octanol–water partition coefficient (Wildman–Crippen LogP) is 3.99. The first kappa shape index (κ1) is 20.2. The lowest BCUT2D eigenvalue weighted by atomic mass is 9.64. The van der Waals surface area contributed by atoms with Gasteiger partial charge in [-0.2, -0.15) is 0 Å². The first-order valence-corrected chi connectivity index (χ1v) is 10.00. The Morgan fingerprint density at radius 3 is 2.54 bits per heavy atom. The van der Waals surface area contributed by atoms with Gasteiger partial charge in [0, 0.05) is 26.0 Å². The van der Waals surface area contributed by atoms with Crippen molar-refractivity contribution in [1.29, 1.82) is 0 Å². The molecule has 2 aliphatic rings. The van der Waals surface area contributed by atoms with Crippen molar-refractivity contribution in [2.75, 3.05) is 32.9 Å². The van der Waals surface area contributed by atoms with Gasteiger partial charge in [-0.05, 0) is 50.0 Å². The lowest BCUT2D eigenvalue weighted by Gasteiger charge is -2.44. The van der Waals surface area contributed by atoms with Crippen LogP contribution in [-0.4, -0.2) is 44.8 Å². The van der Waals surface area contributed by atoms with E-state index < -0.39 is 0 Å². The van der Waals surface area contributed by atoms with Gasteiger partial charge < -0.3 is 19.5 Å². The summed E-state index contributed by atoms with van der Waals surface area (Å²) in [6.45, 7) is 15.8. The molecule has 1 unspecified atom stereocenters. The molecule has 1 aliphatic carbocycles. The zero-order valence-electron chi connectivity index (χ0n) is 16.5. The maximum atomic E-state index is 6.35. The number of ether oxygens (including phenoxy) is 3. The summed E-state index contributed by atoms with van der Waals surface area (Å²) in [7, 11) is 0. The van der Waals surface area contributed by atoms with Crippen LogP contribution in [0.1, 0.15) is 66.7 Å². The van der Waals surface area contributed by atoms with Crippen LogP contribution in [0.25, 0.3) is 0 Å². The quantitative estimate of drug-likeness (QED) is 0.644. The van der Waals surface area contributed by atoms with Crippen LogP contribution >= 0.6 is 0 Å². The fraction of sp³-hybridized carbons (Fsp3) is 1.00. The Bertz CT molecular complexity index is 362. The molecule has 1 spiro atoms. The molecule has 0 amide bonds. The van der Waals surface area contributed by atoms with Crippen LogP contribution in [0.2, 0.25) is 0 Å². The summed E-state index contributed by atoms with van der Waals surface area (Å²) in [5.74, 6) is 1.23. The molecule has 0 aromatic rings. The van der Waals surface area contributed by atoms with Crippen molar-refractivity contribution in [1.82, 2.24) is 5.32 Å². The first-order valence-electron chi connectivity index (χ1n) is 10.00. The molecule has 4 heteroatoms. The molecule has 1 saturated carbocycles. The second kappa shape index (κ2) is 8.98. The van der Waals surface area contributed by atoms with E-state index in [1.54, 1.807) is 0 Å². The third kappa shape index (κ3) is 5.17. The van der Waals surface area contributed by atoms with Gasteiger partial charge in [0.25, 0.3) is 0 Å². The molecule has 2 fully saturated rings. The van der Waals surface area contributed by atoms with E-state index in [0.717, 1.165) is 64.0 Å². The largest absolute Gasteiger partial charge is 0.380 e. The molecule has 0 radical (unpaired) electrons. The summed E-state index contributed by atoms with van der Waals surface area (Å²) >= 11 is 0. The van der Waals surface area contributed by atoms with E-state index in [0.29, 0.717) is 5.41 Å². The molecule has 1 saturated heterocycles. The Hall–Kier alpha value is -0.160. The van der Waals surface area contributed by atoms with Crippen LogP contribution < -0.4 is 5.32 Å². The highest BCUT2D eigenvalue weighted by atomic mass is 16.7. The third-order valence-corrected chi connectivity index (χ3v) is 6.47. The average molecular weight is 342 g/mol. The summed E-state index contributed by atoms with van der Waals surface area (Å²) in [6.07, 6.45) is 5.84. The van der Waals surface area contributed by atoms with Gasteiger partial charge in [-0.3, -0.25) is 0 Å². The van der Waals surface area contributed by atoms with Crippen molar-refractivity contribution in [3.63, 3.8) is 0 Å². The van der Waals surface area contributed by atoms with Gasteiger partial charge in [-0.15, -0.1) is 0 Å². The monoisotopic (exact) mass is 341 g/mol. The van der Waals surface area contributed by atoms with Crippen molar-refractivity contribution < 1.29 is 14.2 Å². The summed E-state index contributed by atoms with van der Waals surface area (Å²) in [5, 5.41) is 3.42. The summed E-state index contributed by atoms with van der Waals surface area (Å²) in [5.41, 5.74) is 0.407. The fourth-order valence-corrected chi connectivity index (χ4v) is 3.97. The molecule has 4 nitrogen and oxygen atoms in total. The molecule has 142 valence electrons. The van der Waals surface area contributed by atoms with E-state index in [1.807, 2.05) is 6.92 Å². The third-order valence-electron chi connectivity index (χ3n) is 6.47. The van der Waals surface area contributed by atoms with Crippen LogP contribution in [0.15, 0.2) is 0 Å². The molecule has 0 bridgehead atoms. The van der Waals surface area contributed by atoms with Crippen molar-refractivity contribution >= 4 is 0 Å². The minimum atomic E-state index is -0.278. The normalized spacial score (nSPS) is 31.2. The maximum absolute atomic E-state index is 6.35. The molecule has 2 rings (SSSR count). The van der Waals surface area contributed by atoms with E-state index in [-0.39, 0.29) is 11.9 Å². The lowest BCUT2D eigenvalue weighted by Crippen LogP contribution is -2.41. The highest BCUT2D eigenvalue weighted by Crippen LogP contribution is 2.48. The van der Waals surface area contributed by atoms with Gasteiger partial charge in [0.2, 0.25) is 0 Å². The minimum Gasteiger partial charge on any atom is -0.380 e. The van der Waals surface area contributed by atoms with Gasteiger partial charge >= 0.3 is 0 Å². The molecule has 1 aliphatic heterocycles. The van der Waals surface area contributed by atoms with E-state index in [1.165, 1.54) is 12.8 Å². The molecular weight excluding hydrogens is 302 g/mol. The standard InChI is InChI=1S/C20H39NO3/c1-6-22-14-13-21-12-9-18-15-23-20(24-18)10-7-17(8-11-20)19(4,5)16(2)3/h16-18,21H,6-15H2,1-5H3. The summed E-state index contributed by atoms with van der Waals surface area (Å²) in [6, 6.07) is 0. The Morgan fingerprint density at radius 1 is 1.21 bits per heavy atom. The zero-order valence-corrected chi connectivity index (χ0v) is 16.5. The van der Waals surface area contributed by atoms with Crippen molar-refractivity contribution in [3.8, 4) is 0 Å². The van der Waals surface area contributed by atoms with E-state index >= 15 is 0 Å². The summed E-state index contributed by atoms with van der Waals surface area (Å²) in [4.78, 5) is 0. The number of nitrogens with one attached hydrogen (secondary N) is 1. The molecule has 0 aromatic carbocycles. The first-order chi connectivity index (χ1) is 11.4. The van der Waals surface area contributed by atoms with Crippen LogP contribution in [-0.2, 0) is 14.2 Å². The number of hydrogen-bond acceptors (Lipinski definition) is 4. The molecule has 1 atom stereocenters. The Morgan fingerprint density at radius 2 is 1.92 bits per heavy atom. The second-order valence-corrected chi connectivity index (χ2v) is 8.45. The summed E-state index contributed by atoms with van der Waals surface area (Å²) < 4.78 is 17.8.